The Morgan fingerprint density at radius 3 is 2.69 bits per heavy atom. The third kappa shape index (κ3) is 1.78. The van der Waals surface area contributed by atoms with Gasteiger partial charge < -0.3 is 0 Å². The Balaban J connectivity index is 2.02. The molecule has 0 atom stereocenters. The zero-order valence-electron chi connectivity index (χ0n) is 9.49. The standard InChI is InChI=1S/C14H15NS/c1-10-9-16-14(15-10)13-7-6-11-4-2-3-5-12(11)8-13/h6-9H,2-5H2,1H3. The summed E-state index contributed by atoms with van der Waals surface area (Å²) in [5.41, 5.74) is 5.50. The van der Waals surface area contributed by atoms with Gasteiger partial charge in [0.2, 0.25) is 0 Å². The summed E-state index contributed by atoms with van der Waals surface area (Å²) in [4.78, 5) is 4.55. The summed E-state index contributed by atoms with van der Waals surface area (Å²) in [5, 5.41) is 3.28. The van der Waals surface area contributed by atoms with Gasteiger partial charge in [-0.25, -0.2) is 4.98 Å². The maximum Gasteiger partial charge on any atom is 0.123 e. The van der Waals surface area contributed by atoms with Gasteiger partial charge in [-0.05, 0) is 49.8 Å². The van der Waals surface area contributed by atoms with Crippen LogP contribution in [0.4, 0.5) is 0 Å². The molecule has 0 radical (unpaired) electrons. The molecule has 0 bridgehead atoms. The Labute approximate surface area is 100 Å². The third-order valence-electron chi connectivity index (χ3n) is 3.21. The fraction of sp³-hybridized carbons (Fsp3) is 0.357. The molecule has 0 N–H and O–H groups in total. The van der Waals surface area contributed by atoms with E-state index in [2.05, 4.69) is 35.5 Å². The Bertz CT molecular complexity index is 513. The van der Waals surface area contributed by atoms with E-state index in [1.165, 1.54) is 36.8 Å². The first kappa shape index (κ1) is 10.0. The van der Waals surface area contributed by atoms with Crippen LogP contribution in [0.15, 0.2) is 23.6 Å². The van der Waals surface area contributed by atoms with Crippen molar-refractivity contribution in [1.29, 1.82) is 0 Å². The Morgan fingerprint density at radius 2 is 1.94 bits per heavy atom. The van der Waals surface area contributed by atoms with Gasteiger partial charge >= 0.3 is 0 Å². The minimum Gasteiger partial charge on any atom is -0.241 e. The lowest BCUT2D eigenvalue weighted by molar-refractivity contribution is 0.686. The summed E-state index contributed by atoms with van der Waals surface area (Å²) in [6.45, 7) is 2.05. The number of hydrogen-bond donors (Lipinski definition) is 0. The quantitative estimate of drug-likeness (QED) is 0.720. The molecular formula is C14H15NS. The number of benzene rings is 1. The van der Waals surface area contributed by atoms with E-state index in [1.807, 2.05) is 0 Å². The summed E-state index contributed by atoms with van der Waals surface area (Å²) >= 11 is 1.74. The number of aryl methyl sites for hydroxylation is 3. The maximum atomic E-state index is 4.55. The Morgan fingerprint density at radius 1 is 1.12 bits per heavy atom. The van der Waals surface area contributed by atoms with Gasteiger partial charge in [0.25, 0.3) is 0 Å². The fourth-order valence-corrected chi connectivity index (χ4v) is 3.15. The first-order valence-corrected chi connectivity index (χ1v) is 6.75. The predicted octanol–water partition coefficient (Wildman–Crippen LogP) is 4.00. The number of thiazole rings is 1. The van der Waals surface area contributed by atoms with Crippen molar-refractivity contribution in [2.75, 3.05) is 0 Å². The molecule has 0 saturated carbocycles. The Hall–Kier alpha value is -1.15. The SMILES string of the molecule is Cc1csc(-c2ccc3c(c2)CCCC3)n1. The lowest BCUT2D eigenvalue weighted by atomic mass is 9.90. The highest BCUT2D eigenvalue weighted by Gasteiger charge is 2.11. The molecule has 1 aromatic heterocycles. The average molecular weight is 229 g/mol. The monoisotopic (exact) mass is 229 g/mol. The summed E-state index contributed by atoms with van der Waals surface area (Å²) < 4.78 is 0. The number of aromatic nitrogens is 1. The molecule has 1 aliphatic carbocycles. The van der Waals surface area contributed by atoms with Gasteiger partial charge in [0, 0.05) is 16.6 Å². The normalized spacial score (nSPS) is 14.8. The summed E-state index contributed by atoms with van der Waals surface area (Å²) in [5.74, 6) is 0. The lowest BCUT2D eigenvalue weighted by Gasteiger charge is -2.15. The van der Waals surface area contributed by atoms with Crippen LogP contribution >= 0.6 is 11.3 Å². The molecule has 2 aromatic rings. The van der Waals surface area contributed by atoms with Gasteiger partial charge in [0.05, 0.1) is 0 Å². The topological polar surface area (TPSA) is 12.9 Å². The van der Waals surface area contributed by atoms with Crippen molar-refractivity contribution in [1.82, 2.24) is 4.98 Å². The maximum absolute atomic E-state index is 4.55. The van der Waals surface area contributed by atoms with Crippen LogP contribution in [0.5, 0.6) is 0 Å². The van der Waals surface area contributed by atoms with Crippen molar-refractivity contribution in [3.05, 3.63) is 40.4 Å². The summed E-state index contributed by atoms with van der Waals surface area (Å²) in [7, 11) is 0. The van der Waals surface area contributed by atoms with Crippen LogP contribution in [0.2, 0.25) is 0 Å². The van der Waals surface area contributed by atoms with Gasteiger partial charge in [-0.2, -0.15) is 0 Å². The second-order valence-corrected chi connectivity index (χ2v) is 5.34. The third-order valence-corrected chi connectivity index (χ3v) is 4.22. The van der Waals surface area contributed by atoms with E-state index in [0.717, 1.165) is 10.7 Å². The van der Waals surface area contributed by atoms with Crippen molar-refractivity contribution < 1.29 is 0 Å². The number of nitrogens with zero attached hydrogens (tertiary/aromatic N) is 1. The van der Waals surface area contributed by atoms with Crippen molar-refractivity contribution >= 4 is 11.3 Å². The first-order chi connectivity index (χ1) is 7.83. The van der Waals surface area contributed by atoms with E-state index in [9.17, 15) is 0 Å². The second-order valence-electron chi connectivity index (χ2n) is 4.48. The molecule has 0 fully saturated rings. The van der Waals surface area contributed by atoms with Gasteiger partial charge in [-0.1, -0.05) is 12.1 Å². The summed E-state index contributed by atoms with van der Waals surface area (Å²) in [6.07, 6.45) is 5.19. The minimum absolute atomic E-state index is 1.12. The molecule has 0 unspecified atom stereocenters. The van der Waals surface area contributed by atoms with Crippen molar-refractivity contribution in [2.45, 2.75) is 32.6 Å². The van der Waals surface area contributed by atoms with Crippen molar-refractivity contribution in [3.8, 4) is 10.6 Å². The first-order valence-electron chi connectivity index (χ1n) is 5.87. The van der Waals surface area contributed by atoms with Crippen LogP contribution in [-0.4, -0.2) is 4.98 Å². The molecule has 2 heteroatoms. The van der Waals surface area contributed by atoms with Crippen LogP contribution in [0.25, 0.3) is 10.6 Å². The summed E-state index contributed by atoms with van der Waals surface area (Å²) in [6, 6.07) is 6.86. The fourth-order valence-electron chi connectivity index (χ4n) is 2.35. The molecule has 0 aliphatic heterocycles. The molecule has 0 saturated heterocycles. The van der Waals surface area contributed by atoms with Crippen molar-refractivity contribution in [3.63, 3.8) is 0 Å². The largest absolute Gasteiger partial charge is 0.241 e. The van der Waals surface area contributed by atoms with Crippen LogP contribution in [0.3, 0.4) is 0 Å². The second kappa shape index (κ2) is 4.02. The smallest absolute Gasteiger partial charge is 0.123 e. The molecule has 1 aliphatic rings. The minimum atomic E-state index is 1.12. The molecule has 0 amide bonds. The van der Waals surface area contributed by atoms with E-state index in [0.29, 0.717) is 0 Å². The average Bonchev–Trinajstić information content (AvgIpc) is 2.75. The molecule has 0 spiro atoms. The molecule has 1 aromatic carbocycles. The predicted molar refractivity (Wildman–Crippen MR) is 68.9 cm³/mol. The van der Waals surface area contributed by atoms with E-state index < -0.39 is 0 Å². The van der Waals surface area contributed by atoms with Crippen LogP contribution < -0.4 is 0 Å². The molecule has 3 rings (SSSR count). The Kier molecular flexibility index (Phi) is 2.52. The molecule has 1 nitrogen and oxygen atoms in total. The van der Waals surface area contributed by atoms with Gasteiger partial charge in [0.15, 0.2) is 0 Å². The molecule has 1 heterocycles. The highest BCUT2D eigenvalue weighted by atomic mass is 32.1. The highest BCUT2D eigenvalue weighted by Crippen LogP contribution is 2.29. The van der Waals surface area contributed by atoms with E-state index in [4.69, 9.17) is 0 Å². The van der Waals surface area contributed by atoms with Crippen molar-refractivity contribution in [2.24, 2.45) is 0 Å². The van der Waals surface area contributed by atoms with Gasteiger partial charge in [-0.3, -0.25) is 0 Å². The van der Waals surface area contributed by atoms with E-state index in [-0.39, 0.29) is 0 Å². The highest BCUT2D eigenvalue weighted by molar-refractivity contribution is 7.13. The van der Waals surface area contributed by atoms with Crippen LogP contribution in [0, 0.1) is 6.92 Å². The molecule has 16 heavy (non-hydrogen) atoms. The lowest BCUT2D eigenvalue weighted by Crippen LogP contribution is -2.02. The zero-order chi connectivity index (χ0) is 11.0. The van der Waals surface area contributed by atoms with Crippen LogP contribution in [-0.2, 0) is 12.8 Å². The number of hydrogen-bond acceptors (Lipinski definition) is 2. The molecule has 82 valence electrons. The number of rotatable bonds is 1. The van der Waals surface area contributed by atoms with Crippen LogP contribution in [0.1, 0.15) is 29.7 Å². The van der Waals surface area contributed by atoms with E-state index >= 15 is 0 Å². The van der Waals surface area contributed by atoms with E-state index in [1.54, 1.807) is 16.9 Å². The molecular weight excluding hydrogens is 214 g/mol. The van der Waals surface area contributed by atoms with Gasteiger partial charge in [-0.15, -0.1) is 11.3 Å². The zero-order valence-corrected chi connectivity index (χ0v) is 10.3. The number of fused-ring (bicyclic) bond motifs is 1. The van der Waals surface area contributed by atoms with Gasteiger partial charge in [0.1, 0.15) is 5.01 Å².